The second-order valence-electron chi connectivity index (χ2n) is 6.98. The lowest BCUT2D eigenvalue weighted by atomic mass is 10.1. The zero-order chi connectivity index (χ0) is 17.8. The third-order valence-electron chi connectivity index (χ3n) is 4.45. The van der Waals surface area contributed by atoms with E-state index in [1.54, 1.807) is 12.1 Å². The zero-order valence-corrected chi connectivity index (χ0v) is 15.2. The summed E-state index contributed by atoms with van der Waals surface area (Å²) in [5, 5.41) is 11.4. The quantitative estimate of drug-likeness (QED) is 0.839. The van der Waals surface area contributed by atoms with E-state index in [1.807, 2.05) is 19.1 Å². The zero-order valence-electron chi connectivity index (χ0n) is 15.2. The largest absolute Gasteiger partial charge is 0.494 e. The monoisotopic (exact) mass is 342 g/mol. The van der Waals surface area contributed by atoms with Gasteiger partial charge in [-0.05, 0) is 49.9 Å². The first-order valence-corrected chi connectivity index (χ1v) is 9.00. The molecule has 25 heavy (non-hydrogen) atoms. The summed E-state index contributed by atoms with van der Waals surface area (Å²) in [5.41, 5.74) is 0.615. The molecule has 1 aromatic carbocycles. The number of hydrogen-bond donors (Lipinski definition) is 1. The molecule has 0 saturated heterocycles. The summed E-state index contributed by atoms with van der Waals surface area (Å²) in [7, 11) is 0. The van der Waals surface area contributed by atoms with E-state index in [1.165, 1.54) is 0 Å². The second kappa shape index (κ2) is 7.68. The first-order chi connectivity index (χ1) is 12.0. The van der Waals surface area contributed by atoms with Crippen molar-refractivity contribution in [2.24, 2.45) is 5.92 Å². The van der Waals surface area contributed by atoms with Gasteiger partial charge in [-0.2, -0.15) is 0 Å². The Morgan fingerprint density at radius 1 is 1.24 bits per heavy atom. The molecule has 134 valence electrons. The van der Waals surface area contributed by atoms with Crippen LogP contribution in [-0.2, 0) is 13.0 Å². The van der Waals surface area contributed by atoms with Crippen molar-refractivity contribution in [1.82, 2.24) is 20.1 Å². The van der Waals surface area contributed by atoms with E-state index in [0.29, 0.717) is 18.1 Å². The molecule has 3 rings (SSSR count). The van der Waals surface area contributed by atoms with Gasteiger partial charge < -0.3 is 14.6 Å². The van der Waals surface area contributed by atoms with Crippen LogP contribution in [-0.4, -0.2) is 27.3 Å². The van der Waals surface area contributed by atoms with Gasteiger partial charge in [0.05, 0.1) is 12.6 Å². The van der Waals surface area contributed by atoms with Crippen molar-refractivity contribution in [2.45, 2.75) is 52.6 Å². The van der Waals surface area contributed by atoms with Crippen LogP contribution in [0.15, 0.2) is 24.3 Å². The van der Waals surface area contributed by atoms with Crippen LogP contribution in [0.25, 0.3) is 0 Å². The first kappa shape index (κ1) is 17.5. The maximum atomic E-state index is 12.5. The number of amides is 1. The summed E-state index contributed by atoms with van der Waals surface area (Å²) in [4.78, 5) is 12.5. The van der Waals surface area contributed by atoms with Crippen LogP contribution in [0.3, 0.4) is 0 Å². The highest BCUT2D eigenvalue weighted by Crippen LogP contribution is 2.20. The molecule has 0 saturated carbocycles. The number of hydrogen-bond acceptors (Lipinski definition) is 4. The SMILES string of the molecule is CC(C)CCOc1ccc(C(=O)N[C@H](C)c2nnc3n2CCC3)cc1. The summed E-state index contributed by atoms with van der Waals surface area (Å²) in [6.07, 6.45) is 3.07. The third kappa shape index (κ3) is 4.18. The van der Waals surface area contributed by atoms with Gasteiger partial charge in [0.2, 0.25) is 0 Å². The number of ether oxygens (including phenoxy) is 1. The normalized spacial score (nSPS) is 14.4. The van der Waals surface area contributed by atoms with Crippen LogP contribution in [0.1, 0.15) is 61.7 Å². The Balaban J connectivity index is 1.57. The molecule has 1 atom stereocenters. The van der Waals surface area contributed by atoms with Gasteiger partial charge in [0.1, 0.15) is 11.6 Å². The van der Waals surface area contributed by atoms with E-state index in [4.69, 9.17) is 4.74 Å². The number of rotatable bonds is 7. The van der Waals surface area contributed by atoms with Gasteiger partial charge in [-0.1, -0.05) is 13.8 Å². The maximum Gasteiger partial charge on any atom is 0.251 e. The summed E-state index contributed by atoms with van der Waals surface area (Å²) in [5.74, 6) is 3.13. The number of aryl methyl sites for hydroxylation is 1. The number of nitrogens with zero attached hydrogens (tertiary/aromatic N) is 3. The summed E-state index contributed by atoms with van der Waals surface area (Å²) in [6, 6.07) is 7.10. The lowest BCUT2D eigenvalue weighted by Crippen LogP contribution is -2.28. The van der Waals surface area contributed by atoms with Crippen molar-refractivity contribution in [2.75, 3.05) is 6.61 Å². The predicted octanol–water partition coefficient (Wildman–Crippen LogP) is 3.14. The Morgan fingerprint density at radius 2 is 2.00 bits per heavy atom. The third-order valence-corrected chi connectivity index (χ3v) is 4.45. The highest BCUT2D eigenvalue weighted by atomic mass is 16.5. The average molecular weight is 342 g/mol. The van der Waals surface area contributed by atoms with E-state index >= 15 is 0 Å². The van der Waals surface area contributed by atoms with Crippen LogP contribution in [0.2, 0.25) is 0 Å². The van der Waals surface area contributed by atoms with E-state index in [0.717, 1.165) is 43.2 Å². The Labute approximate surface area is 148 Å². The van der Waals surface area contributed by atoms with Gasteiger partial charge in [-0.3, -0.25) is 4.79 Å². The first-order valence-electron chi connectivity index (χ1n) is 9.00. The van der Waals surface area contributed by atoms with Crippen molar-refractivity contribution in [3.63, 3.8) is 0 Å². The Hall–Kier alpha value is -2.37. The molecule has 0 spiro atoms. The molecule has 1 aliphatic heterocycles. The Morgan fingerprint density at radius 3 is 2.72 bits per heavy atom. The molecule has 1 aliphatic rings. The van der Waals surface area contributed by atoms with E-state index in [2.05, 4.69) is 33.9 Å². The van der Waals surface area contributed by atoms with Crippen LogP contribution in [0, 0.1) is 5.92 Å². The summed E-state index contributed by atoms with van der Waals surface area (Å²) in [6.45, 7) is 7.90. The molecule has 1 aromatic heterocycles. The van der Waals surface area contributed by atoms with Gasteiger partial charge in [0, 0.05) is 18.5 Å². The van der Waals surface area contributed by atoms with Crippen molar-refractivity contribution < 1.29 is 9.53 Å². The molecule has 2 heterocycles. The minimum absolute atomic E-state index is 0.114. The highest BCUT2D eigenvalue weighted by Gasteiger charge is 2.22. The average Bonchev–Trinajstić information content (AvgIpc) is 3.18. The molecule has 1 N–H and O–H groups in total. The Kier molecular flexibility index (Phi) is 5.36. The highest BCUT2D eigenvalue weighted by molar-refractivity contribution is 5.94. The second-order valence-corrected chi connectivity index (χ2v) is 6.98. The number of carbonyl (C=O) groups is 1. The Bertz CT molecular complexity index is 722. The summed E-state index contributed by atoms with van der Waals surface area (Å²) < 4.78 is 7.80. The van der Waals surface area contributed by atoms with Crippen LogP contribution >= 0.6 is 0 Å². The van der Waals surface area contributed by atoms with Crippen LogP contribution in [0.5, 0.6) is 5.75 Å². The van der Waals surface area contributed by atoms with Gasteiger partial charge in [-0.15, -0.1) is 10.2 Å². The molecule has 0 fully saturated rings. The molecule has 0 bridgehead atoms. The van der Waals surface area contributed by atoms with Gasteiger partial charge >= 0.3 is 0 Å². The molecule has 0 unspecified atom stereocenters. The number of nitrogens with one attached hydrogen (secondary N) is 1. The van der Waals surface area contributed by atoms with Crippen molar-refractivity contribution in [3.8, 4) is 5.75 Å². The smallest absolute Gasteiger partial charge is 0.251 e. The minimum Gasteiger partial charge on any atom is -0.494 e. The van der Waals surface area contributed by atoms with Crippen LogP contribution < -0.4 is 10.1 Å². The predicted molar refractivity (Wildman–Crippen MR) is 95.6 cm³/mol. The molecule has 6 heteroatoms. The van der Waals surface area contributed by atoms with E-state index in [9.17, 15) is 4.79 Å². The van der Waals surface area contributed by atoms with E-state index in [-0.39, 0.29) is 11.9 Å². The molecular weight excluding hydrogens is 316 g/mol. The maximum absolute atomic E-state index is 12.5. The molecule has 0 aliphatic carbocycles. The topological polar surface area (TPSA) is 69.0 Å². The van der Waals surface area contributed by atoms with Crippen LogP contribution in [0.4, 0.5) is 0 Å². The lowest BCUT2D eigenvalue weighted by Gasteiger charge is -2.14. The fraction of sp³-hybridized carbons (Fsp3) is 0.526. The fourth-order valence-electron chi connectivity index (χ4n) is 2.95. The number of benzene rings is 1. The van der Waals surface area contributed by atoms with Gasteiger partial charge in [0.15, 0.2) is 5.82 Å². The molecular formula is C19H26N4O2. The van der Waals surface area contributed by atoms with Crippen molar-refractivity contribution >= 4 is 5.91 Å². The van der Waals surface area contributed by atoms with Gasteiger partial charge in [0.25, 0.3) is 5.91 Å². The van der Waals surface area contributed by atoms with Crippen molar-refractivity contribution in [3.05, 3.63) is 41.5 Å². The van der Waals surface area contributed by atoms with Gasteiger partial charge in [-0.25, -0.2) is 0 Å². The lowest BCUT2D eigenvalue weighted by molar-refractivity contribution is 0.0937. The summed E-state index contributed by atoms with van der Waals surface area (Å²) >= 11 is 0. The number of aromatic nitrogens is 3. The fourth-order valence-corrected chi connectivity index (χ4v) is 2.95. The molecule has 1 amide bonds. The van der Waals surface area contributed by atoms with Crippen molar-refractivity contribution in [1.29, 1.82) is 0 Å². The molecule has 2 aromatic rings. The molecule has 6 nitrogen and oxygen atoms in total. The number of carbonyl (C=O) groups excluding carboxylic acids is 1. The minimum atomic E-state index is -0.172. The number of fused-ring (bicyclic) bond motifs is 1. The standard InChI is InChI=1S/C19H26N4O2/c1-13(2)10-12-25-16-8-6-15(7-9-16)19(24)20-14(3)18-22-21-17-5-4-11-23(17)18/h6-9,13-14H,4-5,10-12H2,1-3H3,(H,20,24)/t14-/m1/s1. The van der Waals surface area contributed by atoms with E-state index < -0.39 is 0 Å². The molecule has 0 radical (unpaired) electrons.